The second-order valence-corrected chi connectivity index (χ2v) is 8.56. The van der Waals surface area contributed by atoms with Crippen molar-refractivity contribution in [1.82, 2.24) is 20.9 Å². The zero-order chi connectivity index (χ0) is 20.8. The molecule has 0 aromatic rings. The molecule has 1 heterocycles. The number of aliphatic imine (C=N–C) groups is 1. The van der Waals surface area contributed by atoms with Crippen LogP contribution in [0, 0.1) is 0 Å². The zero-order valence-electron chi connectivity index (χ0n) is 18.8. The van der Waals surface area contributed by atoms with E-state index in [1.54, 1.807) is 0 Å². The van der Waals surface area contributed by atoms with Crippen LogP contribution in [0.3, 0.4) is 0 Å². The minimum atomic E-state index is -0.462. The Morgan fingerprint density at radius 3 is 2.54 bits per heavy atom. The molecule has 1 atom stereocenters. The molecule has 1 saturated heterocycles. The number of amides is 1. The first-order valence-electron chi connectivity index (χ1n) is 11.0. The van der Waals surface area contributed by atoms with Gasteiger partial charge >= 0.3 is 6.09 Å². The van der Waals surface area contributed by atoms with E-state index in [-0.39, 0.29) is 6.09 Å². The van der Waals surface area contributed by atoms with Gasteiger partial charge in [-0.3, -0.25) is 4.99 Å². The molecule has 1 rings (SSSR count). The van der Waals surface area contributed by atoms with Crippen LogP contribution in [0.15, 0.2) is 4.99 Å². The third-order valence-corrected chi connectivity index (χ3v) is 4.72. The predicted octanol–water partition coefficient (Wildman–Crippen LogP) is 3.11. The Labute approximate surface area is 172 Å². The minimum absolute atomic E-state index is 0.371. The molecule has 0 bridgehead atoms. The Bertz CT molecular complexity index is 462. The summed E-state index contributed by atoms with van der Waals surface area (Å²) in [7, 11) is 0. The number of rotatable bonds is 10. The van der Waals surface area contributed by atoms with E-state index in [0.717, 1.165) is 37.9 Å². The van der Waals surface area contributed by atoms with E-state index in [4.69, 9.17) is 4.74 Å². The van der Waals surface area contributed by atoms with Crippen molar-refractivity contribution in [3.05, 3.63) is 0 Å². The number of nitrogens with one attached hydrogen (secondary N) is 3. The van der Waals surface area contributed by atoms with Crippen LogP contribution in [0.5, 0.6) is 0 Å². The molecular weight excluding hydrogens is 354 g/mol. The van der Waals surface area contributed by atoms with Gasteiger partial charge in [-0.1, -0.05) is 6.42 Å². The second-order valence-electron chi connectivity index (χ2n) is 8.56. The van der Waals surface area contributed by atoms with Gasteiger partial charge in [0.05, 0.1) is 0 Å². The number of nitrogens with zero attached hydrogens (tertiary/aromatic N) is 2. The van der Waals surface area contributed by atoms with Gasteiger partial charge in [-0.15, -0.1) is 0 Å². The second kappa shape index (κ2) is 13.6. The van der Waals surface area contributed by atoms with Crippen LogP contribution in [0.2, 0.25) is 0 Å². The van der Waals surface area contributed by atoms with Gasteiger partial charge in [0, 0.05) is 32.2 Å². The Morgan fingerprint density at radius 1 is 1.11 bits per heavy atom. The van der Waals surface area contributed by atoms with Crippen molar-refractivity contribution >= 4 is 12.1 Å². The van der Waals surface area contributed by atoms with Crippen LogP contribution in [0.1, 0.15) is 73.1 Å². The number of carbonyl (C=O) groups is 1. The van der Waals surface area contributed by atoms with Crippen LogP contribution in [-0.2, 0) is 4.74 Å². The molecule has 1 amide bonds. The number of piperidine rings is 1. The predicted molar refractivity (Wildman–Crippen MR) is 117 cm³/mol. The standard InChI is InChI=1S/C21H43N5O2/c1-6-22-19(24-14-11-15-25-20(27)28-21(3,4)5)23-13-8-10-17-26-16-9-7-12-18(26)2/h18H,6-17H2,1-5H3,(H,25,27)(H2,22,23,24). The van der Waals surface area contributed by atoms with Crippen LogP contribution < -0.4 is 16.0 Å². The molecule has 0 aromatic carbocycles. The summed E-state index contributed by atoms with van der Waals surface area (Å²) in [5.74, 6) is 0.853. The molecule has 164 valence electrons. The molecule has 0 aliphatic carbocycles. The average Bonchev–Trinajstić information content (AvgIpc) is 2.61. The molecule has 7 nitrogen and oxygen atoms in total. The van der Waals surface area contributed by atoms with Crippen molar-refractivity contribution in [2.75, 3.05) is 39.3 Å². The molecule has 3 N–H and O–H groups in total. The zero-order valence-corrected chi connectivity index (χ0v) is 18.8. The van der Waals surface area contributed by atoms with E-state index in [2.05, 4.69) is 39.7 Å². The van der Waals surface area contributed by atoms with Gasteiger partial charge in [0.1, 0.15) is 5.60 Å². The number of carbonyl (C=O) groups excluding carboxylic acids is 1. The van der Waals surface area contributed by atoms with Crippen LogP contribution in [-0.4, -0.2) is 67.9 Å². The monoisotopic (exact) mass is 397 g/mol. The summed E-state index contributed by atoms with van der Waals surface area (Å²) in [6.07, 6.45) is 6.85. The molecular formula is C21H43N5O2. The van der Waals surface area contributed by atoms with Gasteiger partial charge in [0.2, 0.25) is 0 Å². The lowest BCUT2D eigenvalue weighted by Gasteiger charge is -2.33. The highest BCUT2D eigenvalue weighted by Gasteiger charge is 2.17. The van der Waals surface area contributed by atoms with Gasteiger partial charge in [-0.05, 0) is 79.8 Å². The topological polar surface area (TPSA) is 78.0 Å². The number of ether oxygens (including phenoxy) is 1. The number of likely N-dealkylation sites (tertiary alicyclic amines) is 1. The lowest BCUT2D eigenvalue weighted by atomic mass is 10.0. The molecule has 7 heteroatoms. The lowest BCUT2D eigenvalue weighted by Crippen LogP contribution is -2.39. The third-order valence-electron chi connectivity index (χ3n) is 4.72. The average molecular weight is 398 g/mol. The Morgan fingerprint density at radius 2 is 1.86 bits per heavy atom. The van der Waals surface area contributed by atoms with Crippen LogP contribution in [0.25, 0.3) is 0 Å². The summed E-state index contributed by atoms with van der Waals surface area (Å²) >= 11 is 0. The molecule has 1 unspecified atom stereocenters. The van der Waals surface area contributed by atoms with Gasteiger partial charge in [0.25, 0.3) is 0 Å². The molecule has 1 fully saturated rings. The van der Waals surface area contributed by atoms with E-state index in [9.17, 15) is 4.79 Å². The van der Waals surface area contributed by atoms with Gasteiger partial charge in [-0.25, -0.2) is 4.79 Å². The molecule has 0 radical (unpaired) electrons. The SMILES string of the molecule is CCNC(=NCCCNC(=O)OC(C)(C)C)NCCCCN1CCCCC1C. The maximum absolute atomic E-state index is 11.6. The van der Waals surface area contributed by atoms with Crippen molar-refractivity contribution in [2.45, 2.75) is 84.8 Å². The largest absolute Gasteiger partial charge is 0.444 e. The normalized spacial score (nSPS) is 18.6. The minimum Gasteiger partial charge on any atom is -0.444 e. The highest BCUT2D eigenvalue weighted by molar-refractivity contribution is 5.79. The van der Waals surface area contributed by atoms with Crippen LogP contribution >= 0.6 is 0 Å². The quantitative estimate of drug-likeness (QED) is 0.300. The summed E-state index contributed by atoms with van der Waals surface area (Å²) in [4.78, 5) is 18.8. The third kappa shape index (κ3) is 12.1. The van der Waals surface area contributed by atoms with E-state index < -0.39 is 5.60 Å². The number of unbranched alkanes of at least 4 members (excludes halogenated alkanes) is 1. The first-order valence-corrected chi connectivity index (χ1v) is 11.0. The summed E-state index contributed by atoms with van der Waals surface area (Å²) in [5, 5.41) is 9.45. The fourth-order valence-corrected chi connectivity index (χ4v) is 3.25. The van der Waals surface area contributed by atoms with Gasteiger partial charge in [0.15, 0.2) is 5.96 Å². The number of hydrogen-bond donors (Lipinski definition) is 3. The van der Waals surface area contributed by atoms with Crippen LogP contribution in [0.4, 0.5) is 4.79 Å². The highest BCUT2D eigenvalue weighted by atomic mass is 16.6. The fraction of sp³-hybridized carbons (Fsp3) is 0.905. The molecule has 0 saturated carbocycles. The summed E-state index contributed by atoms with van der Waals surface area (Å²) < 4.78 is 5.22. The Hall–Kier alpha value is -1.50. The first kappa shape index (κ1) is 24.5. The number of alkyl carbamates (subject to hydrolysis) is 1. The Kier molecular flexibility index (Phi) is 12.0. The van der Waals surface area contributed by atoms with Crippen molar-refractivity contribution in [3.63, 3.8) is 0 Å². The number of hydrogen-bond acceptors (Lipinski definition) is 4. The maximum atomic E-state index is 11.6. The van der Waals surface area contributed by atoms with E-state index in [0.29, 0.717) is 13.1 Å². The molecule has 28 heavy (non-hydrogen) atoms. The van der Waals surface area contributed by atoms with Crippen molar-refractivity contribution in [1.29, 1.82) is 0 Å². The van der Waals surface area contributed by atoms with E-state index in [1.165, 1.54) is 38.8 Å². The fourth-order valence-electron chi connectivity index (χ4n) is 3.25. The molecule has 1 aliphatic heterocycles. The van der Waals surface area contributed by atoms with Gasteiger partial charge < -0.3 is 25.6 Å². The van der Waals surface area contributed by atoms with Crippen molar-refractivity contribution in [3.8, 4) is 0 Å². The summed E-state index contributed by atoms with van der Waals surface area (Å²) in [6, 6.07) is 0.745. The summed E-state index contributed by atoms with van der Waals surface area (Å²) in [5.41, 5.74) is -0.462. The number of guanidine groups is 1. The van der Waals surface area contributed by atoms with Gasteiger partial charge in [-0.2, -0.15) is 0 Å². The molecule has 0 aromatic heterocycles. The van der Waals surface area contributed by atoms with Crippen molar-refractivity contribution in [2.24, 2.45) is 4.99 Å². The lowest BCUT2D eigenvalue weighted by molar-refractivity contribution is 0.0527. The Balaban J connectivity index is 2.15. The first-order chi connectivity index (χ1) is 13.3. The van der Waals surface area contributed by atoms with Crippen molar-refractivity contribution < 1.29 is 9.53 Å². The molecule has 0 spiro atoms. The van der Waals surface area contributed by atoms with E-state index >= 15 is 0 Å². The maximum Gasteiger partial charge on any atom is 0.407 e. The summed E-state index contributed by atoms with van der Waals surface area (Å²) in [6.45, 7) is 15.5. The van der Waals surface area contributed by atoms with E-state index in [1.807, 2.05) is 20.8 Å². The highest BCUT2D eigenvalue weighted by Crippen LogP contribution is 2.16. The smallest absolute Gasteiger partial charge is 0.407 e. The molecule has 1 aliphatic rings.